The lowest BCUT2D eigenvalue weighted by Crippen LogP contribution is -2.91. The Kier molecular flexibility index (Phi) is 7.54. The van der Waals surface area contributed by atoms with E-state index in [2.05, 4.69) is 143 Å². The topological polar surface area (TPSA) is 9.23 Å². The van der Waals surface area contributed by atoms with E-state index in [0.717, 1.165) is 0 Å². The molecule has 0 aliphatic heterocycles. The van der Waals surface area contributed by atoms with Crippen molar-refractivity contribution in [3.8, 4) is 0 Å². The molecular weight excluding hydrogens is 469 g/mol. The van der Waals surface area contributed by atoms with E-state index in [1.807, 2.05) is 0 Å². The van der Waals surface area contributed by atoms with Crippen molar-refractivity contribution in [1.82, 2.24) is 0 Å². The molecule has 0 saturated heterocycles. The average molecular weight is 508 g/mol. The fraction of sp³-hybridized carbons (Fsp3) is 0.308. The van der Waals surface area contributed by atoms with Crippen molar-refractivity contribution >= 4 is 54.2 Å². The zero-order chi connectivity index (χ0) is 23.6. The highest BCUT2D eigenvalue weighted by Crippen LogP contribution is 2.34. The van der Waals surface area contributed by atoms with E-state index >= 15 is 0 Å². The molecule has 0 bridgehead atoms. The van der Waals surface area contributed by atoms with Crippen molar-refractivity contribution in [1.29, 1.82) is 0 Å². The van der Waals surface area contributed by atoms with Crippen LogP contribution in [0.25, 0.3) is 0 Å². The van der Waals surface area contributed by atoms with Crippen molar-refractivity contribution in [2.75, 3.05) is 0 Å². The Labute approximate surface area is 201 Å². The summed E-state index contributed by atoms with van der Waals surface area (Å²) >= 11 is 0. The second kappa shape index (κ2) is 9.52. The van der Waals surface area contributed by atoms with E-state index in [-0.39, 0.29) is 0 Å². The first-order chi connectivity index (χ1) is 15.0. The molecule has 3 aromatic carbocycles. The standard InChI is InChI=1S/C26H39OSi5/c1-28(2)31(7,25-20-14-10-15-21-25)32(8,26-22-16-11-17-23-26)30(6,27-29(3,4)5)24-18-12-9-13-19-24/h9-23H,1-8H3. The Balaban J connectivity index is 2.46. The van der Waals surface area contributed by atoms with Crippen molar-refractivity contribution < 1.29 is 4.12 Å². The highest BCUT2D eigenvalue weighted by Gasteiger charge is 2.65. The molecule has 3 atom stereocenters. The molecule has 3 unspecified atom stereocenters. The summed E-state index contributed by atoms with van der Waals surface area (Å²) in [5, 5.41) is 4.71. The average Bonchev–Trinajstić information content (AvgIpc) is 2.78. The summed E-state index contributed by atoms with van der Waals surface area (Å²) in [5.41, 5.74) is 0. The minimum atomic E-state index is -2.35. The molecule has 0 N–H and O–H groups in total. The lowest BCUT2D eigenvalue weighted by Gasteiger charge is -2.56. The van der Waals surface area contributed by atoms with Gasteiger partial charge < -0.3 is 4.12 Å². The van der Waals surface area contributed by atoms with E-state index in [1.165, 1.54) is 5.19 Å². The first kappa shape index (κ1) is 25.3. The Morgan fingerprint density at radius 1 is 0.531 bits per heavy atom. The molecular formula is C26H39OSi5. The van der Waals surface area contributed by atoms with Gasteiger partial charge in [-0.05, 0) is 31.4 Å². The van der Waals surface area contributed by atoms with Gasteiger partial charge in [-0.1, -0.05) is 128 Å². The highest BCUT2D eigenvalue weighted by atomic mass is 29.8. The van der Waals surface area contributed by atoms with Crippen LogP contribution < -0.4 is 15.6 Å². The Bertz CT molecular complexity index is 1010. The van der Waals surface area contributed by atoms with Crippen LogP contribution in [0.3, 0.4) is 0 Å². The van der Waals surface area contributed by atoms with Gasteiger partial charge in [-0.3, -0.25) is 0 Å². The number of rotatable bonds is 8. The quantitative estimate of drug-likeness (QED) is 0.377. The minimum absolute atomic E-state index is 0.601. The third-order valence-electron chi connectivity index (χ3n) is 7.49. The molecule has 169 valence electrons. The third-order valence-corrected chi connectivity index (χ3v) is 64.9. The van der Waals surface area contributed by atoms with Gasteiger partial charge in [-0.2, -0.15) is 0 Å². The van der Waals surface area contributed by atoms with Crippen LogP contribution in [0.4, 0.5) is 0 Å². The molecule has 0 spiro atoms. The predicted molar refractivity (Wildman–Crippen MR) is 155 cm³/mol. The molecule has 0 heterocycles. The summed E-state index contributed by atoms with van der Waals surface area (Å²) < 4.78 is 7.54. The fourth-order valence-corrected chi connectivity index (χ4v) is 76.6. The van der Waals surface area contributed by atoms with Gasteiger partial charge in [-0.15, -0.1) is 0 Å². The van der Waals surface area contributed by atoms with Gasteiger partial charge in [-0.25, -0.2) is 0 Å². The maximum atomic E-state index is 7.54. The predicted octanol–water partition coefficient (Wildman–Crippen LogP) is 5.28. The van der Waals surface area contributed by atoms with E-state index < -0.39 is 38.7 Å². The SMILES string of the molecule is C[Si](C)[Si](C)(c1ccccc1)[Si](C)(c1ccccc1)[Si](C)(O[Si](C)(C)C)c1ccccc1. The third kappa shape index (κ3) is 4.41. The van der Waals surface area contributed by atoms with Gasteiger partial charge in [0, 0.05) is 8.31 Å². The molecule has 0 aliphatic carbocycles. The van der Waals surface area contributed by atoms with Crippen molar-refractivity contribution in [2.24, 2.45) is 0 Å². The van der Waals surface area contributed by atoms with E-state index in [9.17, 15) is 0 Å². The zero-order valence-electron chi connectivity index (χ0n) is 21.1. The summed E-state index contributed by atoms with van der Waals surface area (Å²) in [6.45, 7) is 20.3. The van der Waals surface area contributed by atoms with Crippen molar-refractivity contribution in [3.63, 3.8) is 0 Å². The van der Waals surface area contributed by atoms with E-state index in [0.29, 0.717) is 0 Å². The zero-order valence-corrected chi connectivity index (χ0v) is 26.1. The summed E-state index contributed by atoms with van der Waals surface area (Å²) in [6, 6.07) is 34.5. The van der Waals surface area contributed by atoms with Crippen LogP contribution in [-0.4, -0.2) is 38.7 Å². The first-order valence-electron chi connectivity index (χ1n) is 11.6. The minimum Gasteiger partial charge on any atom is -0.454 e. The normalized spacial score (nSPS) is 17.9. The highest BCUT2D eigenvalue weighted by molar-refractivity contribution is 7.87. The Morgan fingerprint density at radius 3 is 1.28 bits per heavy atom. The fourth-order valence-electron chi connectivity index (χ4n) is 5.48. The van der Waals surface area contributed by atoms with E-state index in [1.54, 1.807) is 10.4 Å². The number of hydrogen-bond acceptors (Lipinski definition) is 1. The molecule has 0 saturated carbocycles. The van der Waals surface area contributed by atoms with Crippen LogP contribution in [0.2, 0.25) is 52.4 Å². The second-order valence-corrected chi connectivity index (χ2v) is 46.8. The second-order valence-electron chi connectivity index (χ2n) is 10.6. The number of benzene rings is 3. The summed E-state index contributed by atoms with van der Waals surface area (Å²) in [7, 11) is -8.82. The molecule has 1 radical (unpaired) electrons. The van der Waals surface area contributed by atoms with Crippen molar-refractivity contribution in [3.05, 3.63) is 91.0 Å². The van der Waals surface area contributed by atoms with Gasteiger partial charge in [0.2, 0.25) is 0 Å². The molecule has 3 aromatic rings. The molecule has 0 aromatic heterocycles. The summed E-state index contributed by atoms with van der Waals surface area (Å²) in [4.78, 5) is 0. The maximum Gasteiger partial charge on any atom is 0.197 e. The maximum absolute atomic E-state index is 7.54. The first-order valence-corrected chi connectivity index (χ1v) is 28.0. The van der Waals surface area contributed by atoms with Crippen LogP contribution in [0.1, 0.15) is 0 Å². The molecule has 6 heteroatoms. The molecule has 0 aliphatic rings. The smallest absolute Gasteiger partial charge is 0.197 e. The van der Waals surface area contributed by atoms with Gasteiger partial charge in [0.1, 0.15) is 7.11 Å². The monoisotopic (exact) mass is 507 g/mol. The molecule has 0 amide bonds. The van der Waals surface area contributed by atoms with Crippen LogP contribution >= 0.6 is 0 Å². The number of hydrogen-bond donors (Lipinski definition) is 0. The van der Waals surface area contributed by atoms with Crippen LogP contribution in [0.15, 0.2) is 91.0 Å². The lowest BCUT2D eigenvalue weighted by atomic mass is 10.4. The summed E-state index contributed by atoms with van der Waals surface area (Å²) in [6.07, 6.45) is 0. The van der Waals surface area contributed by atoms with E-state index in [4.69, 9.17) is 4.12 Å². The van der Waals surface area contributed by atoms with Crippen LogP contribution in [0, 0.1) is 0 Å². The van der Waals surface area contributed by atoms with Gasteiger partial charge >= 0.3 is 0 Å². The molecule has 1 nitrogen and oxygen atoms in total. The Morgan fingerprint density at radius 2 is 0.906 bits per heavy atom. The van der Waals surface area contributed by atoms with Gasteiger partial charge in [0.05, 0.1) is 7.11 Å². The lowest BCUT2D eigenvalue weighted by molar-refractivity contribution is 0.577. The van der Waals surface area contributed by atoms with Gasteiger partial charge in [0.15, 0.2) is 16.2 Å². The molecule has 3 rings (SSSR count). The van der Waals surface area contributed by atoms with Crippen molar-refractivity contribution in [2.45, 2.75) is 52.4 Å². The van der Waals surface area contributed by atoms with Gasteiger partial charge in [0.25, 0.3) is 0 Å². The molecule has 0 fully saturated rings. The van der Waals surface area contributed by atoms with Crippen LogP contribution in [0.5, 0.6) is 0 Å². The molecule has 32 heavy (non-hydrogen) atoms. The van der Waals surface area contributed by atoms with Crippen LogP contribution in [-0.2, 0) is 4.12 Å². The summed E-state index contributed by atoms with van der Waals surface area (Å²) in [5.74, 6) is 0. The Hall–Kier alpha value is -1.30. The largest absolute Gasteiger partial charge is 0.454 e.